The lowest BCUT2D eigenvalue weighted by atomic mass is 10.1. The van der Waals surface area contributed by atoms with E-state index in [1.54, 1.807) is 6.07 Å². The highest BCUT2D eigenvalue weighted by atomic mass is 35.5. The minimum Gasteiger partial charge on any atom is -0.508 e. The van der Waals surface area contributed by atoms with Crippen molar-refractivity contribution in [2.45, 2.75) is 20.4 Å². The largest absolute Gasteiger partial charge is 0.508 e. The fourth-order valence-corrected chi connectivity index (χ4v) is 1.43. The van der Waals surface area contributed by atoms with E-state index >= 15 is 0 Å². The molecule has 0 fully saturated rings. The normalized spacial score (nSPS) is 10.3. The molecule has 0 amide bonds. The first-order chi connectivity index (χ1) is 7.00. The molecule has 2 nitrogen and oxygen atoms in total. The molecule has 82 valence electrons. The van der Waals surface area contributed by atoms with Gasteiger partial charge in [-0.25, -0.2) is 0 Å². The number of phenolic OH excluding ortho intramolecular Hbond substituents is 1. The molecule has 0 heterocycles. The maximum atomic E-state index is 9.69. The highest BCUT2D eigenvalue weighted by Crippen LogP contribution is 2.21. The van der Waals surface area contributed by atoms with Crippen LogP contribution in [0.1, 0.15) is 16.7 Å². The number of phenols is 1. The fourth-order valence-electron chi connectivity index (χ4n) is 1.34. The van der Waals surface area contributed by atoms with Crippen LogP contribution in [0.3, 0.4) is 0 Å². The van der Waals surface area contributed by atoms with E-state index in [4.69, 9.17) is 11.6 Å². The van der Waals surface area contributed by atoms with Crippen LogP contribution in [0.5, 0.6) is 5.75 Å². The Morgan fingerprint density at radius 3 is 2.60 bits per heavy atom. The van der Waals surface area contributed by atoms with Crippen LogP contribution >= 0.6 is 11.6 Å². The van der Waals surface area contributed by atoms with Crippen molar-refractivity contribution in [3.63, 3.8) is 0 Å². The third kappa shape index (κ3) is 3.57. The molecular formula is C12H16ClNO. The number of hydrogen-bond acceptors (Lipinski definition) is 2. The molecule has 1 aromatic rings. The van der Waals surface area contributed by atoms with Gasteiger partial charge in [0, 0.05) is 23.7 Å². The summed E-state index contributed by atoms with van der Waals surface area (Å²) >= 11 is 5.62. The molecule has 0 unspecified atom stereocenters. The lowest BCUT2D eigenvalue weighted by Gasteiger charge is -2.09. The molecule has 0 atom stereocenters. The van der Waals surface area contributed by atoms with E-state index in [1.807, 2.05) is 19.9 Å². The van der Waals surface area contributed by atoms with Gasteiger partial charge in [-0.3, -0.25) is 0 Å². The van der Waals surface area contributed by atoms with E-state index < -0.39 is 0 Å². The van der Waals surface area contributed by atoms with Crippen molar-refractivity contribution in [3.8, 4) is 5.75 Å². The second-order valence-electron chi connectivity index (χ2n) is 3.69. The minimum absolute atomic E-state index is 0.325. The van der Waals surface area contributed by atoms with E-state index in [2.05, 4.69) is 11.9 Å². The van der Waals surface area contributed by atoms with Gasteiger partial charge in [0.05, 0.1) is 0 Å². The molecule has 0 spiro atoms. The van der Waals surface area contributed by atoms with Crippen molar-refractivity contribution in [2.24, 2.45) is 0 Å². The Hall–Kier alpha value is -0.990. The van der Waals surface area contributed by atoms with Gasteiger partial charge in [0.2, 0.25) is 0 Å². The first kappa shape index (κ1) is 12.1. The second kappa shape index (κ2) is 5.19. The van der Waals surface area contributed by atoms with Gasteiger partial charge in [-0.2, -0.15) is 0 Å². The Labute approximate surface area is 95.6 Å². The van der Waals surface area contributed by atoms with Crippen molar-refractivity contribution < 1.29 is 5.11 Å². The van der Waals surface area contributed by atoms with Crippen LogP contribution in [0.15, 0.2) is 23.7 Å². The number of rotatable bonds is 4. The number of nitrogens with one attached hydrogen (secondary N) is 1. The molecule has 0 aromatic heterocycles. The van der Waals surface area contributed by atoms with Gasteiger partial charge in [0.1, 0.15) is 5.75 Å². The summed E-state index contributed by atoms with van der Waals surface area (Å²) in [6.07, 6.45) is 0. The van der Waals surface area contributed by atoms with Crippen molar-refractivity contribution in [2.75, 3.05) is 6.54 Å². The maximum Gasteiger partial charge on any atom is 0.120 e. The van der Waals surface area contributed by atoms with Gasteiger partial charge in [0.25, 0.3) is 0 Å². The summed E-state index contributed by atoms with van der Waals surface area (Å²) in [6, 6.07) is 3.76. The van der Waals surface area contributed by atoms with Gasteiger partial charge in [-0.15, -0.1) is 0 Å². The monoisotopic (exact) mass is 225 g/mol. The number of aromatic hydroxyl groups is 1. The Morgan fingerprint density at radius 1 is 1.40 bits per heavy atom. The van der Waals surface area contributed by atoms with Gasteiger partial charge in [0.15, 0.2) is 0 Å². The predicted molar refractivity (Wildman–Crippen MR) is 64.3 cm³/mol. The Morgan fingerprint density at radius 2 is 2.00 bits per heavy atom. The standard InChI is InChI=1S/C12H16ClNO/c1-8-4-11(7-14-6-10(3)13)12(15)5-9(8)2/h4-5,14-15H,3,6-7H2,1-2H3. The van der Waals surface area contributed by atoms with Crippen molar-refractivity contribution in [1.29, 1.82) is 0 Å². The van der Waals surface area contributed by atoms with Crippen LogP contribution in [-0.4, -0.2) is 11.7 Å². The molecule has 0 aliphatic rings. The molecule has 0 aliphatic carbocycles. The average molecular weight is 226 g/mol. The number of hydrogen-bond donors (Lipinski definition) is 2. The molecule has 0 bridgehead atoms. The lowest BCUT2D eigenvalue weighted by Crippen LogP contribution is -2.14. The molecule has 3 heteroatoms. The molecule has 1 rings (SSSR count). The van der Waals surface area contributed by atoms with Gasteiger partial charge in [-0.05, 0) is 31.0 Å². The zero-order valence-electron chi connectivity index (χ0n) is 9.10. The van der Waals surface area contributed by atoms with Gasteiger partial charge >= 0.3 is 0 Å². The topological polar surface area (TPSA) is 32.3 Å². The summed E-state index contributed by atoms with van der Waals surface area (Å²) in [5, 5.41) is 13.4. The first-order valence-electron chi connectivity index (χ1n) is 4.84. The van der Waals surface area contributed by atoms with Crippen molar-refractivity contribution in [3.05, 3.63) is 40.4 Å². The first-order valence-corrected chi connectivity index (χ1v) is 5.21. The zero-order valence-corrected chi connectivity index (χ0v) is 9.86. The molecular weight excluding hydrogens is 210 g/mol. The predicted octanol–water partition coefficient (Wildman–Crippen LogP) is 2.85. The Balaban J connectivity index is 2.69. The van der Waals surface area contributed by atoms with E-state index in [-0.39, 0.29) is 0 Å². The van der Waals surface area contributed by atoms with E-state index in [9.17, 15) is 5.11 Å². The van der Waals surface area contributed by atoms with E-state index in [0.717, 1.165) is 11.1 Å². The third-order valence-corrected chi connectivity index (χ3v) is 2.46. The van der Waals surface area contributed by atoms with Crippen LogP contribution in [0.25, 0.3) is 0 Å². The molecule has 15 heavy (non-hydrogen) atoms. The lowest BCUT2D eigenvalue weighted by molar-refractivity contribution is 0.464. The second-order valence-corrected chi connectivity index (χ2v) is 4.22. The van der Waals surface area contributed by atoms with Crippen molar-refractivity contribution in [1.82, 2.24) is 5.32 Å². The Kier molecular flexibility index (Phi) is 4.18. The molecule has 0 saturated carbocycles. The minimum atomic E-state index is 0.325. The third-order valence-electron chi connectivity index (χ3n) is 2.33. The molecule has 1 aromatic carbocycles. The smallest absolute Gasteiger partial charge is 0.120 e. The summed E-state index contributed by atoms with van der Waals surface area (Å²) in [5.41, 5.74) is 3.16. The van der Waals surface area contributed by atoms with Gasteiger partial charge in [-0.1, -0.05) is 24.2 Å². The zero-order chi connectivity index (χ0) is 11.4. The van der Waals surface area contributed by atoms with E-state index in [1.165, 1.54) is 5.56 Å². The van der Waals surface area contributed by atoms with Crippen molar-refractivity contribution >= 4 is 11.6 Å². The maximum absolute atomic E-state index is 9.69. The van der Waals surface area contributed by atoms with Crippen LogP contribution in [-0.2, 0) is 6.54 Å². The van der Waals surface area contributed by atoms with E-state index in [0.29, 0.717) is 23.9 Å². The Bertz CT molecular complexity index is 374. The summed E-state index contributed by atoms with van der Waals surface area (Å²) < 4.78 is 0. The van der Waals surface area contributed by atoms with Gasteiger partial charge < -0.3 is 10.4 Å². The van der Waals surface area contributed by atoms with Crippen LogP contribution in [0.2, 0.25) is 0 Å². The quantitative estimate of drug-likeness (QED) is 0.826. The summed E-state index contributed by atoms with van der Waals surface area (Å²) in [6.45, 7) is 8.73. The molecule has 2 N–H and O–H groups in total. The number of aryl methyl sites for hydroxylation is 2. The summed E-state index contributed by atoms with van der Waals surface area (Å²) in [5.74, 6) is 0.325. The van der Waals surface area contributed by atoms with Crippen LogP contribution in [0, 0.1) is 13.8 Å². The van der Waals surface area contributed by atoms with Crippen LogP contribution < -0.4 is 5.32 Å². The molecule has 0 radical (unpaired) electrons. The highest BCUT2D eigenvalue weighted by Gasteiger charge is 2.03. The highest BCUT2D eigenvalue weighted by molar-refractivity contribution is 6.29. The SMILES string of the molecule is C=C(Cl)CNCc1cc(C)c(C)cc1O. The number of benzene rings is 1. The molecule has 0 aliphatic heterocycles. The fraction of sp³-hybridized carbons (Fsp3) is 0.333. The summed E-state index contributed by atoms with van der Waals surface area (Å²) in [7, 11) is 0. The number of halogens is 1. The summed E-state index contributed by atoms with van der Waals surface area (Å²) in [4.78, 5) is 0. The molecule has 0 saturated heterocycles. The average Bonchev–Trinajstić information content (AvgIpc) is 2.13. The van der Waals surface area contributed by atoms with Crippen LogP contribution in [0.4, 0.5) is 0 Å².